The van der Waals surface area contributed by atoms with Gasteiger partial charge in [0.05, 0.1) is 5.69 Å². The van der Waals surface area contributed by atoms with Crippen LogP contribution in [-0.2, 0) is 24.2 Å². The minimum atomic E-state index is 0.0564. The molecule has 0 aromatic carbocycles. The Kier molecular flexibility index (Phi) is 5.10. The van der Waals surface area contributed by atoms with E-state index in [1.807, 2.05) is 11.0 Å². The van der Waals surface area contributed by atoms with Gasteiger partial charge in [0.1, 0.15) is 12.7 Å². The third-order valence-corrected chi connectivity index (χ3v) is 6.44. The summed E-state index contributed by atoms with van der Waals surface area (Å²) in [5.41, 5.74) is 3.69. The maximum absolute atomic E-state index is 12.8. The smallest absolute Gasteiger partial charge is 0.276 e. The minimum absolute atomic E-state index is 0.0564. The number of aromatic nitrogens is 6. The maximum atomic E-state index is 12.8. The van der Waals surface area contributed by atoms with E-state index >= 15 is 0 Å². The zero-order valence-electron chi connectivity index (χ0n) is 17.1. The number of amides is 1. The van der Waals surface area contributed by atoms with Crippen LogP contribution >= 0.6 is 0 Å². The molecule has 5 rings (SSSR count). The van der Waals surface area contributed by atoms with E-state index in [2.05, 4.69) is 15.2 Å². The Labute approximate surface area is 174 Å². The van der Waals surface area contributed by atoms with Crippen molar-refractivity contribution in [2.75, 3.05) is 13.1 Å². The molecule has 0 saturated carbocycles. The molecule has 3 aromatic heterocycles. The summed E-state index contributed by atoms with van der Waals surface area (Å²) in [6.07, 6.45) is 10.2. The minimum Gasteiger partial charge on any atom is -0.343 e. The van der Waals surface area contributed by atoms with Crippen LogP contribution in [0.1, 0.15) is 61.4 Å². The Morgan fingerprint density at radius 3 is 2.83 bits per heavy atom. The standard InChI is InChI=1S/C21H27N7O2/c29-20(6-3-9-27-14-22-13-23-27)26-10-7-15(8-11-26)18-12-19-24-17-5-2-1-4-16(17)21(30)28(19)25-18/h12-15,25H,1-11H2. The molecular formula is C21H27N7O2. The van der Waals surface area contributed by atoms with Gasteiger partial charge in [0.25, 0.3) is 5.56 Å². The van der Waals surface area contributed by atoms with Gasteiger partial charge in [-0.15, -0.1) is 0 Å². The molecule has 0 bridgehead atoms. The Balaban J connectivity index is 1.21. The summed E-state index contributed by atoms with van der Waals surface area (Å²) in [5.74, 6) is 0.526. The van der Waals surface area contributed by atoms with E-state index in [9.17, 15) is 9.59 Å². The Hall–Kier alpha value is -2.97. The lowest BCUT2D eigenvalue weighted by Gasteiger charge is -2.31. The number of hydrogen-bond donors (Lipinski definition) is 1. The van der Waals surface area contributed by atoms with Crippen LogP contribution in [0.2, 0.25) is 0 Å². The van der Waals surface area contributed by atoms with Crippen LogP contribution in [0.4, 0.5) is 0 Å². The molecule has 2 aliphatic rings. The van der Waals surface area contributed by atoms with Gasteiger partial charge in [0, 0.05) is 49.3 Å². The van der Waals surface area contributed by atoms with Crippen LogP contribution < -0.4 is 5.56 Å². The SMILES string of the molecule is O=C(CCCn1cncn1)N1CCC(c2cc3nc4c(c(=O)n3[nH]2)CCCC4)CC1. The molecule has 4 heterocycles. The quantitative estimate of drug-likeness (QED) is 0.691. The zero-order valence-corrected chi connectivity index (χ0v) is 17.1. The second-order valence-corrected chi connectivity index (χ2v) is 8.37. The molecule has 0 spiro atoms. The molecule has 9 nitrogen and oxygen atoms in total. The van der Waals surface area contributed by atoms with Gasteiger partial charge in [0.15, 0.2) is 5.65 Å². The normalized spacial score (nSPS) is 17.4. The van der Waals surface area contributed by atoms with E-state index in [1.165, 1.54) is 6.33 Å². The first-order valence-electron chi connectivity index (χ1n) is 10.9. The second kappa shape index (κ2) is 8.04. The lowest BCUT2D eigenvalue weighted by molar-refractivity contribution is -0.132. The summed E-state index contributed by atoms with van der Waals surface area (Å²) in [4.78, 5) is 36.0. The fourth-order valence-electron chi connectivity index (χ4n) is 4.72. The Morgan fingerprint density at radius 1 is 1.20 bits per heavy atom. The number of hydrogen-bond acceptors (Lipinski definition) is 5. The van der Waals surface area contributed by atoms with Crippen LogP contribution in [0.25, 0.3) is 5.65 Å². The Morgan fingerprint density at radius 2 is 2.03 bits per heavy atom. The third kappa shape index (κ3) is 3.64. The van der Waals surface area contributed by atoms with Crippen molar-refractivity contribution in [3.8, 4) is 0 Å². The summed E-state index contributed by atoms with van der Waals surface area (Å²) in [6.45, 7) is 2.21. The molecule has 0 atom stereocenters. The van der Waals surface area contributed by atoms with Gasteiger partial charge in [-0.25, -0.2) is 14.5 Å². The second-order valence-electron chi connectivity index (χ2n) is 8.37. The van der Waals surface area contributed by atoms with Gasteiger partial charge in [0.2, 0.25) is 5.91 Å². The molecule has 0 radical (unpaired) electrons. The van der Waals surface area contributed by atoms with E-state index in [1.54, 1.807) is 15.5 Å². The van der Waals surface area contributed by atoms with Crippen molar-refractivity contribution in [2.45, 2.75) is 63.8 Å². The van der Waals surface area contributed by atoms with Crippen molar-refractivity contribution in [3.05, 3.63) is 46.0 Å². The number of rotatable bonds is 5. The molecule has 30 heavy (non-hydrogen) atoms. The molecule has 1 N–H and O–H groups in total. The van der Waals surface area contributed by atoms with E-state index < -0.39 is 0 Å². The van der Waals surface area contributed by atoms with Crippen molar-refractivity contribution in [1.29, 1.82) is 0 Å². The Bertz CT molecular complexity index is 1090. The van der Waals surface area contributed by atoms with Crippen molar-refractivity contribution in [3.63, 3.8) is 0 Å². The van der Waals surface area contributed by atoms with Crippen LogP contribution in [0, 0.1) is 0 Å². The van der Waals surface area contributed by atoms with Gasteiger partial charge in [-0.1, -0.05) is 0 Å². The van der Waals surface area contributed by atoms with Crippen LogP contribution in [0.15, 0.2) is 23.5 Å². The van der Waals surface area contributed by atoms with Gasteiger partial charge < -0.3 is 4.90 Å². The molecule has 1 aliphatic heterocycles. The first-order chi connectivity index (χ1) is 14.7. The number of nitrogens with zero attached hydrogens (tertiary/aromatic N) is 6. The number of aryl methyl sites for hydroxylation is 2. The topological polar surface area (TPSA) is 101 Å². The molecule has 1 saturated heterocycles. The van der Waals surface area contributed by atoms with E-state index in [-0.39, 0.29) is 11.5 Å². The highest BCUT2D eigenvalue weighted by Crippen LogP contribution is 2.28. The van der Waals surface area contributed by atoms with Gasteiger partial charge in [-0.3, -0.25) is 19.4 Å². The molecule has 0 unspecified atom stereocenters. The average molecular weight is 409 g/mol. The summed E-state index contributed by atoms with van der Waals surface area (Å²) in [6, 6.07) is 2.02. The molecule has 1 aliphatic carbocycles. The fraction of sp³-hybridized carbons (Fsp3) is 0.571. The highest BCUT2D eigenvalue weighted by molar-refractivity contribution is 5.76. The first kappa shape index (κ1) is 19.0. The highest BCUT2D eigenvalue weighted by atomic mass is 16.2. The molecule has 158 valence electrons. The lowest BCUT2D eigenvalue weighted by Crippen LogP contribution is -2.38. The molecule has 3 aromatic rings. The predicted molar refractivity (Wildman–Crippen MR) is 110 cm³/mol. The highest BCUT2D eigenvalue weighted by Gasteiger charge is 2.26. The number of carbonyl (C=O) groups excluding carboxylic acids is 1. The number of H-pyrrole nitrogens is 1. The fourth-order valence-corrected chi connectivity index (χ4v) is 4.72. The number of carbonyl (C=O) groups is 1. The number of aromatic amines is 1. The number of piperidine rings is 1. The van der Waals surface area contributed by atoms with Crippen molar-refractivity contribution >= 4 is 11.6 Å². The van der Waals surface area contributed by atoms with Gasteiger partial charge >= 0.3 is 0 Å². The molecule has 9 heteroatoms. The van der Waals surface area contributed by atoms with Crippen LogP contribution in [-0.4, -0.2) is 53.3 Å². The van der Waals surface area contributed by atoms with Crippen LogP contribution in [0.5, 0.6) is 0 Å². The lowest BCUT2D eigenvalue weighted by atomic mass is 9.93. The average Bonchev–Trinajstić information content (AvgIpc) is 3.44. The maximum Gasteiger partial charge on any atom is 0.276 e. The largest absolute Gasteiger partial charge is 0.343 e. The first-order valence-corrected chi connectivity index (χ1v) is 10.9. The van der Waals surface area contributed by atoms with E-state index in [4.69, 9.17) is 4.98 Å². The predicted octanol–water partition coefficient (Wildman–Crippen LogP) is 1.68. The van der Waals surface area contributed by atoms with Crippen molar-refractivity contribution < 1.29 is 4.79 Å². The zero-order chi connectivity index (χ0) is 20.5. The molecular weight excluding hydrogens is 382 g/mol. The monoisotopic (exact) mass is 409 g/mol. The van der Waals surface area contributed by atoms with Gasteiger partial charge in [-0.05, 0) is 44.9 Å². The number of fused-ring (bicyclic) bond motifs is 2. The third-order valence-electron chi connectivity index (χ3n) is 6.44. The summed E-state index contributed by atoms with van der Waals surface area (Å²) < 4.78 is 3.37. The summed E-state index contributed by atoms with van der Waals surface area (Å²) in [7, 11) is 0. The van der Waals surface area contributed by atoms with Gasteiger partial charge in [-0.2, -0.15) is 5.10 Å². The van der Waals surface area contributed by atoms with E-state index in [0.717, 1.165) is 80.6 Å². The van der Waals surface area contributed by atoms with E-state index in [0.29, 0.717) is 18.9 Å². The number of nitrogens with one attached hydrogen (secondary N) is 1. The summed E-state index contributed by atoms with van der Waals surface area (Å²) >= 11 is 0. The summed E-state index contributed by atoms with van der Waals surface area (Å²) in [5, 5.41) is 7.37. The molecule has 1 fully saturated rings. The molecule has 1 amide bonds. The van der Waals surface area contributed by atoms with Crippen molar-refractivity contribution in [1.82, 2.24) is 34.3 Å². The van der Waals surface area contributed by atoms with Crippen molar-refractivity contribution in [2.24, 2.45) is 0 Å². The van der Waals surface area contributed by atoms with Crippen LogP contribution in [0.3, 0.4) is 0 Å². The number of likely N-dealkylation sites (tertiary alicyclic amines) is 1.